The Balaban J connectivity index is 0.00000162. The van der Waals surface area contributed by atoms with Crippen molar-refractivity contribution in [3.8, 4) is 0 Å². The predicted molar refractivity (Wildman–Crippen MR) is 79.5 cm³/mol. The van der Waals surface area contributed by atoms with Crippen LogP contribution < -0.4 is 5.73 Å². The second kappa shape index (κ2) is 6.75. The zero-order valence-corrected chi connectivity index (χ0v) is 12.9. The summed E-state index contributed by atoms with van der Waals surface area (Å²) in [5.41, 5.74) is 6.52. The third-order valence-corrected chi connectivity index (χ3v) is 4.13. The quantitative estimate of drug-likeness (QED) is 0.843. The molecular formula is C12H15BrCl2N2O. The molecule has 1 atom stereocenters. The standard InChI is InChI=1S/C12H14BrClN2O.ClH/c13-10-6-8(3-4-11(10)14)12(17)16-5-1-2-9(15)7-16;/h3-4,6,9H,1-2,5,7,15H2;1H/t9-;/m1./s1. The highest BCUT2D eigenvalue weighted by atomic mass is 79.9. The molecule has 18 heavy (non-hydrogen) atoms. The third kappa shape index (κ3) is 3.60. The molecule has 2 rings (SSSR count). The summed E-state index contributed by atoms with van der Waals surface area (Å²) in [5.74, 6) is 0.0255. The first-order valence-corrected chi connectivity index (χ1v) is 6.75. The van der Waals surface area contributed by atoms with Gasteiger partial charge in [-0.25, -0.2) is 0 Å². The average Bonchev–Trinajstić information content (AvgIpc) is 2.32. The number of amides is 1. The van der Waals surface area contributed by atoms with Crippen molar-refractivity contribution >= 4 is 45.8 Å². The van der Waals surface area contributed by atoms with E-state index in [-0.39, 0.29) is 24.4 Å². The Morgan fingerprint density at radius 1 is 1.50 bits per heavy atom. The number of hydrogen-bond acceptors (Lipinski definition) is 2. The molecule has 1 aromatic carbocycles. The summed E-state index contributed by atoms with van der Waals surface area (Å²) in [6.45, 7) is 1.42. The first kappa shape index (κ1) is 15.8. The van der Waals surface area contributed by atoms with Crippen LogP contribution in [0.25, 0.3) is 0 Å². The monoisotopic (exact) mass is 352 g/mol. The van der Waals surface area contributed by atoms with E-state index in [1.807, 2.05) is 4.90 Å². The first-order chi connectivity index (χ1) is 8.08. The molecule has 2 N–H and O–H groups in total. The number of piperidine rings is 1. The molecular weight excluding hydrogens is 339 g/mol. The van der Waals surface area contributed by atoms with Gasteiger partial charge in [0, 0.05) is 29.2 Å². The fraction of sp³-hybridized carbons (Fsp3) is 0.417. The molecule has 6 heteroatoms. The summed E-state index contributed by atoms with van der Waals surface area (Å²) in [6.07, 6.45) is 1.97. The highest BCUT2D eigenvalue weighted by Gasteiger charge is 2.22. The van der Waals surface area contributed by atoms with Gasteiger partial charge in [0.1, 0.15) is 0 Å². The smallest absolute Gasteiger partial charge is 0.253 e. The maximum atomic E-state index is 12.2. The van der Waals surface area contributed by atoms with Crippen molar-refractivity contribution in [1.29, 1.82) is 0 Å². The Hall–Kier alpha value is -0.290. The maximum absolute atomic E-state index is 12.2. The molecule has 1 aromatic rings. The molecule has 0 aliphatic carbocycles. The summed E-state index contributed by atoms with van der Waals surface area (Å²) in [7, 11) is 0. The van der Waals surface area contributed by atoms with E-state index >= 15 is 0 Å². The number of nitrogens with zero attached hydrogens (tertiary/aromatic N) is 1. The fourth-order valence-corrected chi connectivity index (χ4v) is 2.50. The van der Waals surface area contributed by atoms with Crippen LogP contribution in [0.4, 0.5) is 0 Å². The van der Waals surface area contributed by atoms with Crippen molar-refractivity contribution in [1.82, 2.24) is 4.90 Å². The molecule has 1 aliphatic heterocycles. The molecule has 0 unspecified atom stereocenters. The van der Waals surface area contributed by atoms with Crippen LogP contribution in [-0.4, -0.2) is 29.9 Å². The molecule has 0 saturated carbocycles. The Kier molecular flexibility index (Phi) is 5.92. The molecule has 3 nitrogen and oxygen atoms in total. The Labute approximate surface area is 126 Å². The van der Waals surface area contributed by atoms with E-state index in [9.17, 15) is 4.79 Å². The van der Waals surface area contributed by atoms with Gasteiger partial charge < -0.3 is 10.6 Å². The highest BCUT2D eigenvalue weighted by Crippen LogP contribution is 2.24. The lowest BCUT2D eigenvalue weighted by atomic mass is 10.1. The molecule has 1 amide bonds. The van der Waals surface area contributed by atoms with Crippen LogP contribution in [0.1, 0.15) is 23.2 Å². The topological polar surface area (TPSA) is 46.3 Å². The Morgan fingerprint density at radius 2 is 2.22 bits per heavy atom. The molecule has 1 saturated heterocycles. The minimum atomic E-state index is 0. The molecule has 1 fully saturated rings. The van der Waals surface area contributed by atoms with Crippen molar-refractivity contribution in [3.05, 3.63) is 33.3 Å². The van der Waals surface area contributed by atoms with E-state index < -0.39 is 0 Å². The largest absolute Gasteiger partial charge is 0.337 e. The van der Waals surface area contributed by atoms with Gasteiger partial charge in [-0.1, -0.05) is 11.6 Å². The van der Waals surface area contributed by atoms with Gasteiger partial charge in [0.25, 0.3) is 5.91 Å². The zero-order chi connectivity index (χ0) is 12.4. The third-order valence-electron chi connectivity index (χ3n) is 2.91. The average molecular weight is 354 g/mol. The highest BCUT2D eigenvalue weighted by molar-refractivity contribution is 9.10. The van der Waals surface area contributed by atoms with Crippen LogP contribution in [0.15, 0.2) is 22.7 Å². The molecule has 0 bridgehead atoms. The van der Waals surface area contributed by atoms with Crippen molar-refractivity contribution < 1.29 is 4.79 Å². The fourth-order valence-electron chi connectivity index (χ4n) is 2.01. The van der Waals surface area contributed by atoms with Crippen LogP contribution in [0.2, 0.25) is 5.02 Å². The van der Waals surface area contributed by atoms with Crippen LogP contribution in [0, 0.1) is 0 Å². The molecule has 1 aliphatic rings. The van der Waals surface area contributed by atoms with Crippen molar-refractivity contribution in [2.45, 2.75) is 18.9 Å². The molecule has 100 valence electrons. The molecule has 0 aromatic heterocycles. The summed E-state index contributed by atoms with van der Waals surface area (Å²) < 4.78 is 0.742. The van der Waals surface area contributed by atoms with E-state index in [4.69, 9.17) is 17.3 Å². The number of likely N-dealkylation sites (tertiary alicyclic amines) is 1. The molecule has 0 radical (unpaired) electrons. The van der Waals surface area contributed by atoms with Gasteiger partial charge in [-0.2, -0.15) is 0 Å². The van der Waals surface area contributed by atoms with Gasteiger partial charge in [-0.15, -0.1) is 12.4 Å². The van der Waals surface area contributed by atoms with Crippen LogP contribution >= 0.6 is 39.9 Å². The number of carbonyl (C=O) groups is 1. The van der Waals surface area contributed by atoms with Crippen LogP contribution in [0.5, 0.6) is 0 Å². The van der Waals surface area contributed by atoms with Crippen LogP contribution in [0.3, 0.4) is 0 Å². The number of nitrogens with two attached hydrogens (primary N) is 1. The zero-order valence-electron chi connectivity index (χ0n) is 9.73. The lowest BCUT2D eigenvalue weighted by molar-refractivity contribution is 0.0709. The number of halogens is 3. The minimum Gasteiger partial charge on any atom is -0.337 e. The Bertz CT molecular complexity index is 442. The van der Waals surface area contributed by atoms with E-state index in [1.165, 1.54) is 0 Å². The van der Waals surface area contributed by atoms with Crippen LogP contribution in [-0.2, 0) is 0 Å². The number of carbonyl (C=O) groups excluding carboxylic acids is 1. The van der Waals surface area contributed by atoms with E-state index in [0.717, 1.165) is 23.9 Å². The lowest BCUT2D eigenvalue weighted by Gasteiger charge is -2.30. The minimum absolute atomic E-state index is 0. The maximum Gasteiger partial charge on any atom is 0.253 e. The predicted octanol–water partition coefficient (Wildman–Crippen LogP) is 3.09. The van der Waals surface area contributed by atoms with E-state index in [2.05, 4.69) is 15.9 Å². The Morgan fingerprint density at radius 3 is 2.83 bits per heavy atom. The van der Waals surface area contributed by atoms with Gasteiger partial charge in [0.05, 0.1) is 5.02 Å². The van der Waals surface area contributed by atoms with Gasteiger partial charge in [-0.3, -0.25) is 4.79 Å². The van der Waals surface area contributed by atoms with Gasteiger partial charge in [0.15, 0.2) is 0 Å². The first-order valence-electron chi connectivity index (χ1n) is 5.58. The normalized spacial score (nSPS) is 19.3. The summed E-state index contributed by atoms with van der Waals surface area (Å²) in [4.78, 5) is 14.0. The summed E-state index contributed by atoms with van der Waals surface area (Å²) in [5, 5.41) is 0.608. The van der Waals surface area contributed by atoms with Crippen molar-refractivity contribution in [2.75, 3.05) is 13.1 Å². The SMILES string of the molecule is Cl.N[C@@H]1CCCN(C(=O)c2ccc(Cl)c(Br)c2)C1. The number of hydrogen-bond donors (Lipinski definition) is 1. The van der Waals surface area contributed by atoms with Gasteiger partial charge in [-0.05, 0) is 47.0 Å². The van der Waals surface area contributed by atoms with Gasteiger partial charge >= 0.3 is 0 Å². The van der Waals surface area contributed by atoms with E-state index in [1.54, 1.807) is 18.2 Å². The van der Waals surface area contributed by atoms with E-state index in [0.29, 0.717) is 17.1 Å². The van der Waals surface area contributed by atoms with Crippen molar-refractivity contribution in [2.24, 2.45) is 5.73 Å². The second-order valence-corrected chi connectivity index (χ2v) is 5.54. The number of rotatable bonds is 1. The number of benzene rings is 1. The van der Waals surface area contributed by atoms with Crippen molar-refractivity contribution in [3.63, 3.8) is 0 Å². The summed E-state index contributed by atoms with van der Waals surface area (Å²) in [6, 6.07) is 5.33. The second-order valence-electron chi connectivity index (χ2n) is 4.28. The molecule has 0 spiro atoms. The lowest BCUT2D eigenvalue weighted by Crippen LogP contribution is -2.45. The van der Waals surface area contributed by atoms with Gasteiger partial charge in [0.2, 0.25) is 0 Å². The molecule has 1 heterocycles. The summed E-state index contributed by atoms with van der Waals surface area (Å²) >= 11 is 9.23.